The van der Waals surface area contributed by atoms with Gasteiger partial charge in [-0.2, -0.15) is 5.06 Å². The molecule has 0 aromatic heterocycles. The van der Waals surface area contributed by atoms with E-state index in [-0.39, 0.29) is 18.3 Å². The lowest BCUT2D eigenvalue weighted by molar-refractivity contribution is -0.230. The van der Waals surface area contributed by atoms with Crippen LogP contribution in [0.2, 0.25) is 0 Å². The molecule has 3 fully saturated rings. The van der Waals surface area contributed by atoms with Crippen molar-refractivity contribution in [3.63, 3.8) is 0 Å². The van der Waals surface area contributed by atoms with Gasteiger partial charge in [-0.15, -0.1) is 0 Å². The second kappa shape index (κ2) is 5.06. The van der Waals surface area contributed by atoms with Crippen LogP contribution in [0, 0.1) is 0 Å². The summed E-state index contributed by atoms with van der Waals surface area (Å²) >= 11 is 0. The molecule has 1 aliphatic carbocycles. The first-order valence-corrected chi connectivity index (χ1v) is 8.07. The van der Waals surface area contributed by atoms with Crippen LogP contribution in [-0.2, 0) is 20.9 Å². The molecular weight excluding hydrogens is 266 g/mol. The molecule has 2 bridgehead atoms. The van der Waals surface area contributed by atoms with E-state index < -0.39 is 5.79 Å². The summed E-state index contributed by atoms with van der Waals surface area (Å²) in [5, 5.41) is 2.10. The smallest absolute Gasteiger partial charge is 0.168 e. The predicted molar refractivity (Wildman–Crippen MR) is 78.3 cm³/mol. The van der Waals surface area contributed by atoms with Crippen molar-refractivity contribution in [3.05, 3.63) is 35.9 Å². The number of hydrogen-bond acceptors (Lipinski definition) is 4. The van der Waals surface area contributed by atoms with Gasteiger partial charge in [0, 0.05) is 6.54 Å². The molecule has 2 heterocycles. The van der Waals surface area contributed by atoms with Gasteiger partial charge in [0.1, 0.15) is 18.3 Å². The van der Waals surface area contributed by atoms with Crippen molar-refractivity contribution in [2.24, 2.45) is 0 Å². The zero-order valence-electron chi connectivity index (χ0n) is 12.7. The van der Waals surface area contributed by atoms with Gasteiger partial charge in [0.2, 0.25) is 0 Å². The number of fused-ring (bicyclic) bond motifs is 5. The Kier molecular flexibility index (Phi) is 3.30. The van der Waals surface area contributed by atoms with Crippen molar-refractivity contribution >= 4 is 0 Å². The summed E-state index contributed by atoms with van der Waals surface area (Å²) in [7, 11) is 0. The summed E-state index contributed by atoms with van der Waals surface area (Å²) in [5.74, 6) is -0.391. The summed E-state index contributed by atoms with van der Waals surface area (Å²) < 4.78 is 12.6. The van der Waals surface area contributed by atoms with Gasteiger partial charge in [-0.05, 0) is 24.8 Å². The Labute approximate surface area is 125 Å². The Morgan fingerprint density at radius 1 is 1.10 bits per heavy atom. The minimum Gasteiger partial charge on any atom is -0.342 e. The first-order valence-electron chi connectivity index (χ1n) is 8.07. The molecule has 4 atom stereocenters. The van der Waals surface area contributed by atoms with Gasteiger partial charge in [0.15, 0.2) is 5.79 Å². The van der Waals surface area contributed by atoms with Crippen LogP contribution in [0.5, 0.6) is 0 Å². The number of hydrogen-bond donors (Lipinski definition) is 0. The molecule has 1 saturated carbocycles. The van der Waals surface area contributed by atoms with Crippen LogP contribution in [0.4, 0.5) is 0 Å². The Balaban J connectivity index is 1.49. The Morgan fingerprint density at radius 2 is 1.81 bits per heavy atom. The first-order chi connectivity index (χ1) is 10.2. The highest BCUT2D eigenvalue weighted by Gasteiger charge is 2.62. The normalized spacial score (nSPS) is 37.0. The average Bonchev–Trinajstić information content (AvgIpc) is 3.17. The van der Waals surface area contributed by atoms with Crippen molar-refractivity contribution in [2.75, 3.05) is 0 Å². The van der Waals surface area contributed by atoms with Gasteiger partial charge in [0.05, 0.1) is 6.04 Å². The summed E-state index contributed by atoms with van der Waals surface area (Å²) in [4.78, 5) is 6.09. The third-order valence-corrected chi connectivity index (χ3v) is 5.14. The van der Waals surface area contributed by atoms with Crippen LogP contribution in [-0.4, -0.2) is 35.2 Å². The monoisotopic (exact) mass is 289 g/mol. The largest absolute Gasteiger partial charge is 0.342 e. The maximum Gasteiger partial charge on any atom is 0.168 e. The minimum absolute atomic E-state index is 0.113. The lowest BCUT2D eigenvalue weighted by Crippen LogP contribution is -2.46. The molecule has 2 aliphatic heterocycles. The molecule has 3 aliphatic rings. The second-order valence-corrected chi connectivity index (χ2v) is 6.29. The van der Waals surface area contributed by atoms with Crippen LogP contribution in [0.1, 0.15) is 38.7 Å². The topological polar surface area (TPSA) is 30.9 Å². The van der Waals surface area contributed by atoms with E-state index >= 15 is 0 Å². The van der Waals surface area contributed by atoms with Gasteiger partial charge in [-0.1, -0.05) is 44.2 Å². The predicted octanol–water partition coefficient (Wildman–Crippen LogP) is 2.88. The molecule has 4 rings (SSSR count). The van der Waals surface area contributed by atoms with Crippen LogP contribution in [0.15, 0.2) is 30.3 Å². The van der Waals surface area contributed by atoms with Gasteiger partial charge in [-0.3, -0.25) is 4.84 Å². The molecule has 21 heavy (non-hydrogen) atoms. The van der Waals surface area contributed by atoms with E-state index in [2.05, 4.69) is 43.2 Å². The molecule has 1 aromatic rings. The number of ether oxygens (including phenoxy) is 2. The summed E-state index contributed by atoms with van der Waals surface area (Å²) in [6.45, 7) is 5.09. The van der Waals surface area contributed by atoms with Crippen molar-refractivity contribution in [3.8, 4) is 0 Å². The van der Waals surface area contributed by atoms with E-state index in [1.54, 1.807) is 0 Å². The lowest BCUT2D eigenvalue weighted by atomic mass is 10.1. The van der Waals surface area contributed by atoms with Crippen molar-refractivity contribution < 1.29 is 14.3 Å². The second-order valence-electron chi connectivity index (χ2n) is 6.29. The highest BCUT2D eigenvalue weighted by molar-refractivity contribution is 5.15. The molecule has 4 nitrogen and oxygen atoms in total. The quantitative estimate of drug-likeness (QED) is 0.853. The van der Waals surface area contributed by atoms with E-state index in [4.69, 9.17) is 14.3 Å². The molecule has 0 spiro atoms. The molecule has 0 radical (unpaired) electrons. The third kappa shape index (κ3) is 2.13. The number of hydroxylamine groups is 2. The van der Waals surface area contributed by atoms with Crippen LogP contribution in [0.25, 0.3) is 0 Å². The lowest BCUT2D eigenvalue weighted by Gasteiger charge is -2.32. The molecule has 0 N–H and O–H groups in total. The molecule has 114 valence electrons. The number of nitrogens with zero attached hydrogens (tertiary/aromatic N) is 1. The number of rotatable bonds is 4. The fourth-order valence-corrected chi connectivity index (χ4v) is 3.89. The van der Waals surface area contributed by atoms with Crippen molar-refractivity contribution in [1.82, 2.24) is 5.06 Å². The van der Waals surface area contributed by atoms with Gasteiger partial charge in [0.25, 0.3) is 0 Å². The number of benzene rings is 1. The Bertz CT molecular complexity index is 502. The summed E-state index contributed by atoms with van der Waals surface area (Å²) in [6.07, 6.45) is 3.24. The standard InChI is InChI=1S/C17H23NO3/c1-3-17(4-2)19-15-13-10-14(16(15)20-17)21-18(13)11-12-8-6-5-7-9-12/h5-9,13-16H,3-4,10-11H2,1-2H3. The zero-order valence-corrected chi connectivity index (χ0v) is 12.7. The minimum atomic E-state index is -0.391. The third-order valence-electron chi connectivity index (χ3n) is 5.14. The molecule has 4 unspecified atom stereocenters. The van der Waals surface area contributed by atoms with Gasteiger partial charge in [-0.25, -0.2) is 0 Å². The molecule has 2 saturated heterocycles. The van der Waals surface area contributed by atoms with E-state index in [0.29, 0.717) is 6.04 Å². The summed E-state index contributed by atoms with van der Waals surface area (Å²) in [5.41, 5.74) is 1.28. The molecule has 0 amide bonds. The SMILES string of the molecule is CCC1(CC)OC2C3CC(C2O1)N(Cc1ccccc1)O3. The van der Waals surface area contributed by atoms with Gasteiger partial charge < -0.3 is 9.47 Å². The van der Waals surface area contributed by atoms with E-state index in [1.165, 1.54) is 5.56 Å². The fraction of sp³-hybridized carbons (Fsp3) is 0.647. The van der Waals surface area contributed by atoms with Crippen LogP contribution >= 0.6 is 0 Å². The highest BCUT2D eigenvalue weighted by atomic mass is 16.8. The maximum absolute atomic E-state index is 6.33. The van der Waals surface area contributed by atoms with Crippen molar-refractivity contribution in [2.45, 2.75) is 69.8 Å². The van der Waals surface area contributed by atoms with Crippen LogP contribution < -0.4 is 0 Å². The van der Waals surface area contributed by atoms with Crippen molar-refractivity contribution in [1.29, 1.82) is 0 Å². The van der Waals surface area contributed by atoms with E-state index in [9.17, 15) is 0 Å². The molecular formula is C17H23NO3. The Morgan fingerprint density at radius 3 is 2.52 bits per heavy atom. The van der Waals surface area contributed by atoms with Gasteiger partial charge >= 0.3 is 0 Å². The van der Waals surface area contributed by atoms with Crippen LogP contribution in [0.3, 0.4) is 0 Å². The highest BCUT2D eigenvalue weighted by Crippen LogP contribution is 2.48. The van der Waals surface area contributed by atoms with E-state index in [1.807, 2.05) is 6.07 Å². The molecule has 4 heteroatoms. The van der Waals surface area contributed by atoms with E-state index in [0.717, 1.165) is 25.8 Å². The maximum atomic E-state index is 6.33. The zero-order chi connectivity index (χ0) is 14.4. The first kappa shape index (κ1) is 13.7. The average molecular weight is 289 g/mol. The fourth-order valence-electron chi connectivity index (χ4n) is 3.89. The Hall–Kier alpha value is -0.940. The molecule has 1 aromatic carbocycles. The summed E-state index contributed by atoms with van der Waals surface area (Å²) in [6, 6.07) is 10.8.